The first kappa shape index (κ1) is 15.7. The first-order chi connectivity index (χ1) is 9.93. The van der Waals surface area contributed by atoms with E-state index in [1.54, 1.807) is 0 Å². The van der Waals surface area contributed by atoms with E-state index in [-0.39, 0.29) is 5.41 Å². The average Bonchev–Trinajstić information content (AvgIpc) is 2.76. The van der Waals surface area contributed by atoms with Crippen LogP contribution in [0, 0.1) is 5.41 Å². The third kappa shape index (κ3) is 3.72. The number of fused-ring (bicyclic) bond motifs is 1. The number of para-hydroxylation sites is 2. The predicted octanol–water partition coefficient (Wildman–Crippen LogP) is 4.38. The van der Waals surface area contributed by atoms with Crippen LogP contribution in [0.3, 0.4) is 0 Å². The monoisotopic (exact) mass is 286 g/mol. The van der Waals surface area contributed by atoms with Gasteiger partial charge < -0.3 is 4.57 Å². The van der Waals surface area contributed by atoms with E-state index >= 15 is 0 Å². The van der Waals surface area contributed by atoms with Gasteiger partial charge in [-0.3, -0.25) is 4.79 Å². The van der Waals surface area contributed by atoms with Gasteiger partial charge in [0.25, 0.3) is 0 Å². The van der Waals surface area contributed by atoms with Crippen LogP contribution in [0.2, 0.25) is 0 Å². The number of benzene rings is 1. The van der Waals surface area contributed by atoms with E-state index in [0.29, 0.717) is 12.2 Å². The maximum Gasteiger partial charge on any atom is 0.138 e. The van der Waals surface area contributed by atoms with Gasteiger partial charge in [0.1, 0.15) is 11.6 Å². The van der Waals surface area contributed by atoms with Crippen molar-refractivity contribution in [2.24, 2.45) is 5.41 Å². The topological polar surface area (TPSA) is 34.9 Å². The summed E-state index contributed by atoms with van der Waals surface area (Å²) in [5.41, 5.74) is 2.03. The number of Topliss-reactive ketones (excluding diaryl/α,β-unsaturated/α-hetero) is 1. The molecule has 0 bridgehead atoms. The normalized spacial score (nSPS) is 12.0. The number of carbonyl (C=O) groups excluding carboxylic acids is 1. The Morgan fingerprint density at radius 2 is 1.95 bits per heavy atom. The first-order valence-electron chi connectivity index (χ1n) is 7.91. The van der Waals surface area contributed by atoms with Crippen LogP contribution in [0.5, 0.6) is 0 Å². The highest BCUT2D eigenvalue weighted by molar-refractivity contribution is 5.83. The Morgan fingerprint density at radius 3 is 2.62 bits per heavy atom. The molecule has 0 aliphatic rings. The Balaban J connectivity index is 2.11. The van der Waals surface area contributed by atoms with Gasteiger partial charge in [-0.25, -0.2) is 4.98 Å². The van der Waals surface area contributed by atoms with E-state index in [0.717, 1.165) is 37.1 Å². The molecule has 0 amide bonds. The summed E-state index contributed by atoms with van der Waals surface area (Å²) in [5.74, 6) is 1.44. The zero-order valence-electron chi connectivity index (χ0n) is 13.6. The molecule has 21 heavy (non-hydrogen) atoms. The summed E-state index contributed by atoms with van der Waals surface area (Å²) in [6.07, 6.45) is 3.48. The fourth-order valence-corrected chi connectivity index (χ4v) is 2.57. The number of aryl methyl sites for hydroxylation is 2. The molecular formula is C18H26N2O. The molecule has 1 heterocycles. The van der Waals surface area contributed by atoms with Crippen LogP contribution >= 0.6 is 0 Å². The summed E-state index contributed by atoms with van der Waals surface area (Å²) in [6, 6.07) is 8.27. The third-order valence-electron chi connectivity index (χ3n) is 3.82. The second-order valence-corrected chi connectivity index (χ2v) is 6.70. The molecule has 0 fully saturated rings. The largest absolute Gasteiger partial charge is 0.328 e. The first-order valence-corrected chi connectivity index (χ1v) is 7.91. The van der Waals surface area contributed by atoms with Crippen molar-refractivity contribution in [1.82, 2.24) is 9.55 Å². The molecular weight excluding hydrogens is 260 g/mol. The van der Waals surface area contributed by atoms with Crippen LogP contribution in [-0.2, 0) is 17.8 Å². The van der Waals surface area contributed by atoms with Gasteiger partial charge in [0.15, 0.2) is 0 Å². The van der Waals surface area contributed by atoms with Gasteiger partial charge in [-0.2, -0.15) is 0 Å². The molecule has 0 atom stereocenters. The number of imidazole rings is 1. The second kappa shape index (κ2) is 6.42. The van der Waals surface area contributed by atoms with Gasteiger partial charge >= 0.3 is 0 Å². The second-order valence-electron chi connectivity index (χ2n) is 6.70. The van der Waals surface area contributed by atoms with E-state index in [2.05, 4.69) is 29.7 Å². The molecule has 3 nitrogen and oxygen atoms in total. The molecule has 114 valence electrons. The minimum Gasteiger partial charge on any atom is -0.328 e. The molecule has 1 aromatic carbocycles. The lowest BCUT2D eigenvalue weighted by molar-refractivity contribution is -0.126. The SMILES string of the molecule is CCCn1c(CCCC(=O)C(C)(C)C)nc2ccccc21. The van der Waals surface area contributed by atoms with Gasteiger partial charge in [0, 0.05) is 24.8 Å². The van der Waals surface area contributed by atoms with Crippen molar-refractivity contribution in [3.8, 4) is 0 Å². The van der Waals surface area contributed by atoms with Crippen LogP contribution in [0.15, 0.2) is 24.3 Å². The maximum absolute atomic E-state index is 12.0. The lowest BCUT2D eigenvalue weighted by atomic mass is 9.88. The van der Waals surface area contributed by atoms with E-state index in [9.17, 15) is 4.79 Å². The number of aromatic nitrogens is 2. The Bertz CT molecular complexity index is 620. The molecule has 0 radical (unpaired) electrons. The fraction of sp³-hybridized carbons (Fsp3) is 0.556. The van der Waals surface area contributed by atoms with Gasteiger partial charge in [-0.15, -0.1) is 0 Å². The number of hydrogen-bond donors (Lipinski definition) is 0. The lowest BCUT2D eigenvalue weighted by Crippen LogP contribution is -2.20. The minimum absolute atomic E-state index is 0.233. The van der Waals surface area contributed by atoms with E-state index in [4.69, 9.17) is 4.98 Å². The smallest absolute Gasteiger partial charge is 0.138 e. The highest BCUT2D eigenvalue weighted by Crippen LogP contribution is 2.21. The van der Waals surface area contributed by atoms with Crippen molar-refractivity contribution in [1.29, 1.82) is 0 Å². The zero-order chi connectivity index (χ0) is 15.5. The predicted molar refractivity (Wildman–Crippen MR) is 87.4 cm³/mol. The molecule has 2 rings (SSSR count). The zero-order valence-corrected chi connectivity index (χ0v) is 13.6. The van der Waals surface area contributed by atoms with Crippen LogP contribution < -0.4 is 0 Å². The van der Waals surface area contributed by atoms with E-state index in [1.807, 2.05) is 26.8 Å². The number of hydrogen-bond acceptors (Lipinski definition) is 2. The summed E-state index contributed by atoms with van der Waals surface area (Å²) < 4.78 is 2.30. The van der Waals surface area contributed by atoms with Gasteiger partial charge in [-0.05, 0) is 25.0 Å². The van der Waals surface area contributed by atoms with Gasteiger partial charge in [0.05, 0.1) is 11.0 Å². The summed E-state index contributed by atoms with van der Waals surface area (Å²) in [7, 11) is 0. The van der Waals surface area contributed by atoms with Gasteiger partial charge in [-0.1, -0.05) is 39.8 Å². The number of ketones is 1. The molecule has 0 saturated heterocycles. The van der Waals surface area contributed by atoms with Crippen molar-refractivity contribution in [3.05, 3.63) is 30.1 Å². The van der Waals surface area contributed by atoms with Crippen LogP contribution in [0.4, 0.5) is 0 Å². The van der Waals surface area contributed by atoms with E-state index < -0.39 is 0 Å². The molecule has 0 N–H and O–H groups in total. The van der Waals surface area contributed by atoms with Crippen molar-refractivity contribution in [2.75, 3.05) is 0 Å². The molecule has 2 aromatic rings. The summed E-state index contributed by atoms with van der Waals surface area (Å²) in [5, 5.41) is 0. The quantitative estimate of drug-likeness (QED) is 0.789. The van der Waals surface area contributed by atoms with Crippen molar-refractivity contribution in [2.45, 2.75) is 59.9 Å². The molecule has 0 unspecified atom stereocenters. The van der Waals surface area contributed by atoms with Crippen molar-refractivity contribution < 1.29 is 4.79 Å². The third-order valence-corrected chi connectivity index (χ3v) is 3.82. The molecule has 1 aromatic heterocycles. The molecule has 0 aliphatic heterocycles. The Hall–Kier alpha value is -1.64. The van der Waals surface area contributed by atoms with Crippen molar-refractivity contribution >= 4 is 16.8 Å². The highest BCUT2D eigenvalue weighted by atomic mass is 16.1. The molecule has 0 spiro atoms. The average molecular weight is 286 g/mol. The Kier molecular flexibility index (Phi) is 4.81. The summed E-state index contributed by atoms with van der Waals surface area (Å²) in [6.45, 7) is 9.13. The van der Waals surface area contributed by atoms with Crippen LogP contribution in [-0.4, -0.2) is 15.3 Å². The molecule has 0 saturated carbocycles. The fourth-order valence-electron chi connectivity index (χ4n) is 2.57. The molecule has 0 aliphatic carbocycles. The Morgan fingerprint density at radius 1 is 1.24 bits per heavy atom. The lowest BCUT2D eigenvalue weighted by Gasteiger charge is -2.16. The standard InChI is InChI=1S/C18H26N2O/c1-5-13-20-15-10-7-6-9-14(15)19-17(20)12-8-11-16(21)18(2,3)4/h6-7,9-10H,5,8,11-13H2,1-4H3. The maximum atomic E-state index is 12.0. The van der Waals surface area contributed by atoms with Crippen molar-refractivity contribution in [3.63, 3.8) is 0 Å². The summed E-state index contributed by atoms with van der Waals surface area (Å²) in [4.78, 5) is 16.8. The van der Waals surface area contributed by atoms with E-state index in [1.165, 1.54) is 5.52 Å². The van der Waals surface area contributed by atoms with Crippen LogP contribution in [0.25, 0.3) is 11.0 Å². The number of nitrogens with zero attached hydrogens (tertiary/aromatic N) is 2. The van der Waals surface area contributed by atoms with Crippen LogP contribution in [0.1, 0.15) is 52.8 Å². The number of rotatable bonds is 6. The van der Waals surface area contributed by atoms with Gasteiger partial charge in [0.2, 0.25) is 0 Å². The number of carbonyl (C=O) groups is 1. The highest BCUT2D eigenvalue weighted by Gasteiger charge is 2.20. The molecule has 3 heteroatoms. The summed E-state index contributed by atoms with van der Waals surface area (Å²) >= 11 is 0. The minimum atomic E-state index is -0.233. The Labute approximate surface area is 127 Å².